The van der Waals surface area contributed by atoms with E-state index in [0.29, 0.717) is 0 Å². The second kappa shape index (κ2) is 1.66. The van der Waals surface area contributed by atoms with Crippen molar-refractivity contribution >= 4 is 0 Å². The summed E-state index contributed by atoms with van der Waals surface area (Å²) >= 11 is 0. The number of aliphatic hydroxyl groups excluding tert-OH is 1. The Morgan fingerprint density at radius 1 is 1.71 bits per heavy atom. The van der Waals surface area contributed by atoms with Crippen LogP contribution in [0.4, 0.5) is 0 Å². The first kappa shape index (κ1) is 4.85. The van der Waals surface area contributed by atoms with E-state index < -0.39 is 0 Å². The molecule has 0 aliphatic heterocycles. The minimum Gasteiger partial charge on any atom is -0.393 e. The standard InChI is InChI=1S/C6H10O/c1-5-2-3-6(7)4-5/h6-7H,1-4H2/t6-/m1/s1. The van der Waals surface area contributed by atoms with Crippen LogP contribution in [0.1, 0.15) is 19.3 Å². The maximum atomic E-state index is 8.84. The average molecular weight is 98.1 g/mol. The van der Waals surface area contributed by atoms with Crippen LogP contribution < -0.4 is 0 Å². The molecule has 0 aromatic heterocycles. The van der Waals surface area contributed by atoms with Crippen molar-refractivity contribution in [2.45, 2.75) is 25.4 Å². The Balaban J connectivity index is 2.40. The van der Waals surface area contributed by atoms with E-state index in [1.165, 1.54) is 5.57 Å². The molecule has 1 heteroatoms. The lowest BCUT2D eigenvalue weighted by atomic mass is 10.3. The van der Waals surface area contributed by atoms with Gasteiger partial charge in [-0.3, -0.25) is 0 Å². The van der Waals surface area contributed by atoms with Crippen LogP contribution in [0.25, 0.3) is 0 Å². The highest BCUT2D eigenvalue weighted by Crippen LogP contribution is 2.21. The normalized spacial score (nSPS) is 31.6. The molecule has 1 N–H and O–H groups in total. The Labute approximate surface area is 43.7 Å². The van der Waals surface area contributed by atoms with Crippen molar-refractivity contribution in [1.82, 2.24) is 0 Å². The van der Waals surface area contributed by atoms with E-state index in [0.717, 1.165) is 19.3 Å². The quantitative estimate of drug-likeness (QED) is 0.449. The molecule has 1 rings (SSSR count). The smallest absolute Gasteiger partial charge is 0.0580 e. The zero-order chi connectivity index (χ0) is 5.28. The first-order chi connectivity index (χ1) is 3.29. The fourth-order valence-corrected chi connectivity index (χ4v) is 0.908. The van der Waals surface area contributed by atoms with Crippen LogP contribution in [0, 0.1) is 0 Å². The van der Waals surface area contributed by atoms with Gasteiger partial charge in [0.2, 0.25) is 0 Å². The van der Waals surface area contributed by atoms with Gasteiger partial charge in [0.25, 0.3) is 0 Å². The van der Waals surface area contributed by atoms with Gasteiger partial charge in [-0.05, 0) is 19.3 Å². The first-order valence-corrected chi connectivity index (χ1v) is 2.64. The SMILES string of the molecule is C=C1CC[C@@H](O)C1. The Hall–Kier alpha value is -0.300. The minimum absolute atomic E-state index is 0.0764. The molecule has 0 spiro atoms. The van der Waals surface area contributed by atoms with Gasteiger partial charge in [-0.15, -0.1) is 0 Å². The highest BCUT2D eigenvalue weighted by atomic mass is 16.3. The summed E-state index contributed by atoms with van der Waals surface area (Å²) < 4.78 is 0. The molecule has 0 saturated heterocycles. The number of hydrogen-bond acceptors (Lipinski definition) is 1. The summed E-state index contributed by atoms with van der Waals surface area (Å²) in [6.45, 7) is 3.74. The summed E-state index contributed by atoms with van der Waals surface area (Å²) in [7, 11) is 0. The maximum absolute atomic E-state index is 8.84. The van der Waals surface area contributed by atoms with Crippen LogP contribution in [0.2, 0.25) is 0 Å². The molecule has 1 nitrogen and oxygen atoms in total. The molecule has 0 aromatic rings. The van der Waals surface area contributed by atoms with Crippen LogP contribution in [-0.2, 0) is 0 Å². The van der Waals surface area contributed by atoms with Gasteiger partial charge in [-0.2, -0.15) is 0 Å². The largest absolute Gasteiger partial charge is 0.393 e. The molecule has 1 fully saturated rings. The highest BCUT2D eigenvalue weighted by Gasteiger charge is 2.13. The molecule has 0 heterocycles. The second-order valence-electron chi connectivity index (χ2n) is 2.15. The van der Waals surface area contributed by atoms with E-state index in [4.69, 9.17) is 5.11 Å². The van der Waals surface area contributed by atoms with E-state index in [-0.39, 0.29) is 6.10 Å². The molecule has 1 atom stereocenters. The third-order valence-corrected chi connectivity index (χ3v) is 1.36. The maximum Gasteiger partial charge on any atom is 0.0580 e. The van der Waals surface area contributed by atoms with Crippen molar-refractivity contribution in [2.75, 3.05) is 0 Å². The van der Waals surface area contributed by atoms with Crippen molar-refractivity contribution in [1.29, 1.82) is 0 Å². The van der Waals surface area contributed by atoms with Crippen LogP contribution in [0.15, 0.2) is 12.2 Å². The summed E-state index contributed by atoms with van der Waals surface area (Å²) in [6, 6.07) is 0. The molecular formula is C6H10O. The topological polar surface area (TPSA) is 20.2 Å². The predicted molar refractivity (Wildman–Crippen MR) is 29.0 cm³/mol. The van der Waals surface area contributed by atoms with Crippen LogP contribution >= 0.6 is 0 Å². The molecule has 0 aromatic carbocycles. The van der Waals surface area contributed by atoms with E-state index in [1.807, 2.05) is 0 Å². The van der Waals surface area contributed by atoms with Gasteiger partial charge in [0.05, 0.1) is 6.10 Å². The summed E-state index contributed by atoms with van der Waals surface area (Å²) in [5, 5.41) is 8.84. The molecule has 0 bridgehead atoms. The third kappa shape index (κ3) is 1.03. The first-order valence-electron chi connectivity index (χ1n) is 2.64. The van der Waals surface area contributed by atoms with Crippen molar-refractivity contribution in [3.8, 4) is 0 Å². The van der Waals surface area contributed by atoms with Gasteiger partial charge in [0.15, 0.2) is 0 Å². The molecule has 40 valence electrons. The molecule has 0 amide bonds. The van der Waals surface area contributed by atoms with Gasteiger partial charge in [-0.1, -0.05) is 12.2 Å². The van der Waals surface area contributed by atoms with E-state index in [2.05, 4.69) is 6.58 Å². The Morgan fingerprint density at radius 3 is 2.57 bits per heavy atom. The van der Waals surface area contributed by atoms with Crippen LogP contribution in [-0.4, -0.2) is 11.2 Å². The molecule has 0 radical (unpaired) electrons. The zero-order valence-corrected chi connectivity index (χ0v) is 4.35. The molecule has 7 heavy (non-hydrogen) atoms. The molecule has 1 aliphatic carbocycles. The van der Waals surface area contributed by atoms with Crippen LogP contribution in [0.3, 0.4) is 0 Å². The van der Waals surface area contributed by atoms with Gasteiger partial charge in [0, 0.05) is 0 Å². The molecule has 0 unspecified atom stereocenters. The second-order valence-corrected chi connectivity index (χ2v) is 2.15. The average Bonchev–Trinajstić information content (AvgIpc) is 1.87. The van der Waals surface area contributed by atoms with Crippen LogP contribution in [0.5, 0.6) is 0 Å². The highest BCUT2D eigenvalue weighted by molar-refractivity contribution is 5.02. The van der Waals surface area contributed by atoms with Gasteiger partial charge in [-0.25, -0.2) is 0 Å². The van der Waals surface area contributed by atoms with Gasteiger partial charge >= 0.3 is 0 Å². The summed E-state index contributed by atoms with van der Waals surface area (Å²) in [5.41, 5.74) is 1.20. The lowest BCUT2D eigenvalue weighted by Gasteiger charge is -1.91. The zero-order valence-electron chi connectivity index (χ0n) is 4.35. The number of rotatable bonds is 0. The molecular weight excluding hydrogens is 88.1 g/mol. The van der Waals surface area contributed by atoms with Gasteiger partial charge < -0.3 is 5.11 Å². The summed E-state index contributed by atoms with van der Waals surface area (Å²) in [4.78, 5) is 0. The fourth-order valence-electron chi connectivity index (χ4n) is 0.908. The van der Waals surface area contributed by atoms with Crippen molar-refractivity contribution < 1.29 is 5.11 Å². The fraction of sp³-hybridized carbons (Fsp3) is 0.667. The van der Waals surface area contributed by atoms with Crippen molar-refractivity contribution in [2.24, 2.45) is 0 Å². The number of hydrogen-bond donors (Lipinski definition) is 1. The molecule has 1 saturated carbocycles. The monoisotopic (exact) mass is 98.1 g/mol. The minimum atomic E-state index is -0.0764. The lowest BCUT2D eigenvalue weighted by molar-refractivity contribution is 0.186. The van der Waals surface area contributed by atoms with Gasteiger partial charge in [0.1, 0.15) is 0 Å². The number of aliphatic hydroxyl groups is 1. The molecule has 1 aliphatic rings. The lowest BCUT2D eigenvalue weighted by Crippen LogP contribution is -1.95. The van der Waals surface area contributed by atoms with E-state index in [9.17, 15) is 0 Å². The van der Waals surface area contributed by atoms with Crippen molar-refractivity contribution in [3.63, 3.8) is 0 Å². The Bertz CT molecular complexity index is 86.2. The third-order valence-electron chi connectivity index (χ3n) is 1.36. The summed E-state index contributed by atoms with van der Waals surface area (Å²) in [5.74, 6) is 0. The van der Waals surface area contributed by atoms with E-state index in [1.54, 1.807) is 0 Å². The Kier molecular flexibility index (Phi) is 1.15. The summed E-state index contributed by atoms with van der Waals surface area (Å²) in [6.07, 6.45) is 2.72. The van der Waals surface area contributed by atoms with Crippen molar-refractivity contribution in [3.05, 3.63) is 12.2 Å². The van der Waals surface area contributed by atoms with E-state index >= 15 is 0 Å². The Morgan fingerprint density at radius 2 is 2.43 bits per heavy atom. The predicted octanol–water partition coefficient (Wildman–Crippen LogP) is 1.09.